The van der Waals surface area contributed by atoms with Gasteiger partial charge in [-0.25, -0.2) is 8.42 Å². The second kappa shape index (κ2) is 10.9. The molecule has 3 aromatic rings. The minimum absolute atomic E-state index is 0. The molecule has 2 aromatic carbocycles. The maximum atomic E-state index is 13.4. The molecule has 3 heterocycles. The van der Waals surface area contributed by atoms with Gasteiger partial charge in [0.25, 0.3) is 0 Å². The van der Waals surface area contributed by atoms with Gasteiger partial charge in [0.1, 0.15) is 11.9 Å². The number of benzene rings is 2. The highest BCUT2D eigenvalue weighted by atomic mass is 35.5. The van der Waals surface area contributed by atoms with Crippen molar-refractivity contribution in [3.8, 4) is 5.75 Å². The van der Waals surface area contributed by atoms with Crippen molar-refractivity contribution in [1.82, 2.24) is 14.2 Å². The number of piperidine rings is 1. The molecule has 6 nitrogen and oxygen atoms in total. The lowest BCUT2D eigenvalue weighted by atomic mass is 10.1. The van der Waals surface area contributed by atoms with E-state index in [0.29, 0.717) is 16.5 Å². The minimum atomic E-state index is -3.49. The molecule has 0 saturated carbocycles. The molecule has 1 aromatic heterocycles. The van der Waals surface area contributed by atoms with E-state index in [0.717, 1.165) is 68.4 Å². The largest absolute Gasteiger partial charge is 0.490 e. The molecule has 2 saturated heterocycles. The highest BCUT2D eigenvalue weighted by molar-refractivity contribution is 7.89. The zero-order valence-corrected chi connectivity index (χ0v) is 21.4. The quantitative estimate of drug-likeness (QED) is 0.454. The van der Waals surface area contributed by atoms with Crippen molar-refractivity contribution < 1.29 is 13.2 Å². The number of ether oxygens (including phenoxy) is 1. The molecule has 0 amide bonds. The number of nitrogens with zero attached hydrogens (tertiary/aromatic N) is 2. The van der Waals surface area contributed by atoms with Gasteiger partial charge in [-0.05, 0) is 86.5 Å². The van der Waals surface area contributed by atoms with Crippen LogP contribution in [0.5, 0.6) is 5.75 Å². The Morgan fingerprint density at radius 1 is 1.00 bits per heavy atom. The summed E-state index contributed by atoms with van der Waals surface area (Å²) in [6, 6.07) is 14.9. The predicted molar refractivity (Wildman–Crippen MR) is 139 cm³/mol. The van der Waals surface area contributed by atoms with Crippen LogP contribution in [0.1, 0.15) is 32.1 Å². The highest BCUT2D eigenvalue weighted by Gasteiger charge is 2.35. The summed E-state index contributed by atoms with van der Waals surface area (Å²) in [5.74, 6) is 0.863. The van der Waals surface area contributed by atoms with Gasteiger partial charge in [-0.15, -0.1) is 12.4 Å². The third-order valence-electron chi connectivity index (χ3n) is 6.89. The van der Waals surface area contributed by atoms with Gasteiger partial charge in [-0.1, -0.05) is 17.7 Å². The fourth-order valence-corrected chi connectivity index (χ4v) is 6.90. The van der Waals surface area contributed by atoms with Gasteiger partial charge in [-0.3, -0.25) is 0 Å². The van der Waals surface area contributed by atoms with E-state index in [-0.39, 0.29) is 24.6 Å². The van der Waals surface area contributed by atoms with Crippen LogP contribution < -0.4 is 4.74 Å². The van der Waals surface area contributed by atoms with Gasteiger partial charge in [0, 0.05) is 42.4 Å². The molecule has 0 radical (unpaired) electrons. The first-order valence-electron chi connectivity index (χ1n) is 11.7. The zero-order chi connectivity index (χ0) is 22.8. The van der Waals surface area contributed by atoms with E-state index in [9.17, 15) is 8.42 Å². The SMILES string of the molecule is Cl.O=S(=O)(c1ccc2cc[nH]c2c1)N1CCCC1CCN1CCC(Oc2ccc(Cl)cc2)CC1. The average Bonchev–Trinajstić information content (AvgIpc) is 3.49. The first kappa shape index (κ1) is 25.3. The summed E-state index contributed by atoms with van der Waals surface area (Å²) in [7, 11) is -3.49. The molecule has 2 aliphatic heterocycles. The molecule has 2 aliphatic rings. The van der Waals surface area contributed by atoms with Crippen LogP contribution in [0.4, 0.5) is 0 Å². The zero-order valence-electron chi connectivity index (χ0n) is 19.0. The number of likely N-dealkylation sites (tertiary alicyclic amines) is 1. The molecule has 2 fully saturated rings. The maximum Gasteiger partial charge on any atom is 0.243 e. The Morgan fingerprint density at radius 3 is 2.53 bits per heavy atom. The predicted octanol–water partition coefficient (Wildman–Crippen LogP) is 5.33. The van der Waals surface area contributed by atoms with E-state index in [1.54, 1.807) is 16.4 Å². The Morgan fingerprint density at radius 2 is 1.76 bits per heavy atom. The number of fused-ring (bicyclic) bond motifs is 1. The van der Waals surface area contributed by atoms with Gasteiger partial charge in [-0.2, -0.15) is 4.31 Å². The molecule has 1 N–H and O–H groups in total. The van der Waals surface area contributed by atoms with Crippen LogP contribution in [-0.4, -0.2) is 60.9 Å². The number of hydrogen-bond donors (Lipinski definition) is 1. The van der Waals surface area contributed by atoms with Crippen molar-refractivity contribution in [2.24, 2.45) is 0 Å². The van der Waals surface area contributed by atoms with Crippen LogP contribution in [0.15, 0.2) is 59.6 Å². The summed E-state index contributed by atoms with van der Waals surface area (Å²) >= 11 is 5.95. The lowest BCUT2D eigenvalue weighted by molar-refractivity contribution is 0.0971. The van der Waals surface area contributed by atoms with Crippen LogP contribution in [0.25, 0.3) is 10.9 Å². The molecule has 1 atom stereocenters. The average molecular weight is 525 g/mol. The second-order valence-electron chi connectivity index (χ2n) is 9.04. The van der Waals surface area contributed by atoms with Crippen molar-refractivity contribution in [3.05, 3.63) is 59.8 Å². The van der Waals surface area contributed by atoms with E-state index in [4.69, 9.17) is 16.3 Å². The first-order chi connectivity index (χ1) is 16.0. The van der Waals surface area contributed by atoms with Crippen LogP contribution >= 0.6 is 24.0 Å². The van der Waals surface area contributed by atoms with Crippen molar-refractivity contribution in [2.45, 2.75) is 49.1 Å². The number of aromatic amines is 1. The third kappa shape index (κ3) is 5.55. The number of hydrogen-bond acceptors (Lipinski definition) is 4. The molecule has 0 aliphatic carbocycles. The number of rotatable bonds is 7. The number of aromatic nitrogens is 1. The number of nitrogens with one attached hydrogen (secondary N) is 1. The Kier molecular flexibility index (Phi) is 8.10. The fraction of sp³-hybridized carbons (Fsp3) is 0.440. The smallest absolute Gasteiger partial charge is 0.243 e. The molecule has 9 heteroatoms. The van der Waals surface area contributed by atoms with Crippen molar-refractivity contribution in [1.29, 1.82) is 0 Å². The molecule has 34 heavy (non-hydrogen) atoms. The molecule has 184 valence electrons. The van der Waals surface area contributed by atoms with Crippen LogP contribution in [0, 0.1) is 0 Å². The monoisotopic (exact) mass is 523 g/mol. The summed E-state index contributed by atoms with van der Waals surface area (Å²) in [5.41, 5.74) is 0.857. The van der Waals surface area contributed by atoms with Crippen molar-refractivity contribution >= 4 is 44.9 Å². The highest BCUT2D eigenvalue weighted by Crippen LogP contribution is 2.30. The molecule has 0 bridgehead atoms. The van der Waals surface area contributed by atoms with E-state index in [2.05, 4.69) is 9.88 Å². The van der Waals surface area contributed by atoms with Crippen molar-refractivity contribution in [3.63, 3.8) is 0 Å². The molecular weight excluding hydrogens is 493 g/mol. The van der Waals surface area contributed by atoms with Crippen LogP contribution in [0.2, 0.25) is 5.02 Å². The summed E-state index contributed by atoms with van der Waals surface area (Å²) < 4.78 is 34.6. The summed E-state index contributed by atoms with van der Waals surface area (Å²) in [6.07, 6.45) is 6.73. The number of halogens is 2. The lowest BCUT2D eigenvalue weighted by Gasteiger charge is -2.33. The van der Waals surface area contributed by atoms with Crippen LogP contribution in [-0.2, 0) is 10.0 Å². The lowest BCUT2D eigenvalue weighted by Crippen LogP contribution is -2.42. The molecule has 1 unspecified atom stereocenters. The fourth-order valence-electron chi connectivity index (χ4n) is 5.02. The molecular formula is C25H31Cl2N3O3S. The Hall–Kier alpha value is -1.77. The summed E-state index contributed by atoms with van der Waals surface area (Å²) in [5, 5.41) is 1.74. The summed E-state index contributed by atoms with van der Waals surface area (Å²) in [6.45, 7) is 3.47. The van der Waals surface area contributed by atoms with E-state index in [1.807, 2.05) is 42.6 Å². The first-order valence-corrected chi connectivity index (χ1v) is 13.5. The van der Waals surface area contributed by atoms with Gasteiger partial charge >= 0.3 is 0 Å². The van der Waals surface area contributed by atoms with Gasteiger partial charge < -0.3 is 14.6 Å². The van der Waals surface area contributed by atoms with Crippen molar-refractivity contribution in [2.75, 3.05) is 26.2 Å². The van der Waals surface area contributed by atoms with Crippen LogP contribution in [0.3, 0.4) is 0 Å². The van der Waals surface area contributed by atoms with E-state index in [1.165, 1.54) is 0 Å². The van der Waals surface area contributed by atoms with Gasteiger partial charge in [0.2, 0.25) is 10.0 Å². The van der Waals surface area contributed by atoms with E-state index >= 15 is 0 Å². The molecule has 5 rings (SSSR count). The standard InChI is InChI=1S/C25H30ClN3O3S.ClH/c26-20-4-6-22(7-5-20)32-23-11-16-28(17-12-23)15-10-21-2-1-14-29(21)33(30,31)24-8-3-19-9-13-27-25(19)18-24;/h3-9,13,18,21,23,27H,1-2,10-12,14-17H2;1H. The summed E-state index contributed by atoms with van der Waals surface area (Å²) in [4.78, 5) is 5.94. The van der Waals surface area contributed by atoms with Gasteiger partial charge in [0.15, 0.2) is 0 Å². The number of sulfonamides is 1. The van der Waals surface area contributed by atoms with E-state index < -0.39 is 10.0 Å². The normalized spacial score (nSPS) is 20.4. The second-order valence-corrected chi connectivity index (χ2v) is 11.4. The maximum absolute atomic E-state index is 13.4. The third-order valence-corrected chi connectivity index (χ3v) is 9.09. The Labute approximate surface area is 212 Å². The Balaban J connectivity index is 0.00000274. The topological polar surface area (TPSA) is 65.6 Å². The van der Waals surface area contributed by atoms with Gasteiger partial charge in [0.05, 0.1) is 4.90 Å². The Bertz CT molecular complexity index is 1190. The minimum Gasteiger partial charge on any atom is -0.490 e. The number of H-pyrrole nitrogens is 1. The molecule has 0 spiro atoms.